The van der Waals surface area contributed by atoms with Crippen molar-refractivity contribution < 1.29 is 4.79 Å². The Balaban J connectivity index is 1.59. The molecule has 2 N–H and O–H groups in total. The number of benzene rings is 1. The van der Waals surface area contributed by atoms with Gasteiger partial charge in [0.1, 0.15) is 5.82 Å². The molecule has 7 nitrogen and oxygen atoms in total. The predicted molar refractivity (Wildman–Crippen MR) is 97.9 cm³/mol. The highest BCUT2D eigenvalue weighted by Gasteiger charge is 2.26. The highest BCUT2D eigenvalue weighted by atomic mass is 16.2. The predicted octanol–water partition coefficient (Wildman–Crippen LogP) is 2.04. The molecule has 1 amide bonds. The van der Waals surface area contributed by atoms with Crippen LogP contribution >= 0.6 is 0 Å². The van der Waals surface area contributed by atoms with Crippen molar-refractivity contribution in [3.8, 4) is 0 Å². The highest BCUT2D eigenvalue weighted by molar-refractivity contribution is 5.93. The van der Waals surface area contributed by atoms with Crippen LogP contribution in [0.1, 0.15) is 40.9 Å². The van der Waals surface area contributed by atoms with Crippen LogP contribution in [0, 0.1) is 5.92 Å². The number of aryl methyl sites for hydroxylation is 1. The van der Waals surface area contributed by atoms with Gasteiger partial charge in [-0.1, -0.05) is 19.1 Å². The maximum absolute atomic E-state index is 12.9. The number of nitrogens with zero attached hydrogens (tertiary/aromatic N) is 3. The van der Waals surface area contributed by atoms with Crippen molar-refractivity contribution in [3.05, 3.63) is 57.4 Å². The molecule has 134 valence electrons. The van der Waals surface area contributed by atoms with E-state index in [9.17, 15) is 9.59 Å². The van der Waals surface area contributed by atoms with Crippen molar-refractivity contribution in [2.45, 2.75) is 32.7 Å². The lowest BCUT2D eigenvalue weighted by Crippen LogP contribution is -2.29. The average molecular weight is 351 g/mol. The van der Waals surface area contributed by atoms with Crippen LogP contribution in [0.2, 0.25) is 0 Å². The van der Waals surface area contributed by atoms with Gasteiger partial charge in [-0.25, -0.2) is 4.98 Å². The second-order valence-electron chi connectivity index (χ2n) is 7.07. The number of aromatic nitrogens is 4. The number of fused-ring (bicyclic) bond motifs is 2. The molecule has 0 fully saturated rings. The lowest BCUT2D eigenvalue weighted by atomic mass is 9.87. The molecule has 0 saturated carbocycles. The van der Waals surface area contributed by atoms with Gasteiger partial charge in [0.05, 0.1) is 17.4 Å². The Morgan fingerprint density at radius 2 is 2.15 bits per heavy atom. The lowest BCUT2D eigenvalue weighted by Gasteiger charge is -2.20. The van der Waals surface area contributed by atoms with Crippen LogP contribution in [0.15, 0.2) is 29.1 Å². The van der Waals surface area contributed by atoms with Crippen molar-refractivity contribution in [2.24, 2.45) is 5.92 Å². The minimum Gasteiger partial charge on any atom is -0.333 e. The zero-order valence-electron chi connectivity index (χ0n) is 14.9. The minimum absolute atomic E-state index is 0.160. The summed E-state index contributed by atoms with van der Waals surface area (Å²) in [5, 5.41) is 7.80. The first-order valence-electron chi connectivity index (χ1n) is 8.82. The third-order valence-corrected chi connectivity index (χ3v) is 4.99. The first-order valence-corrected chi connectivity index (χ1v) is 8.82. The summed E-state index contributed by atoms with van der Waals surface area (Å²) in [7, 11) is 1.70. The van der Waals surface area contributed by atoms with Crippen molar-refractivity contribution >= 4 is 16.8 Å². The van der Waals surface area contributed by atoms with Gasteiger partial charge >= 0.3 is 0 Å². The molecule has 2 aromatic heterocycles. The van der Waals surface area contributed by atoms with Gasteiger partial charge < -0.3 is 9.88 Å². The molecule has 26 heavy (non-hydrogen) atoms. The minimum atomic E-state index is -0.197. The summed E-state index contributed by atoms with van der Waals surface area (Å²) >= 11 is 0. The van der Waals surface area contributed by atoms with E-state index in [2.05, 4.69) is 27.1 Å². The van der Waals surface area contributed by atoms with E-state index < -0.39 is 0 Å². The summed E-state index contributed by atoms with van der Waals surface area (Å²) < 4.78 is 0. The van der Waals surface area contributed by atoms with E-state index in [-0.39, 0.29) is 18.0 Å². The Morgan fingerprint density at radius 1 is 1.35 bits per heavy atom. The fourth-order valence-corrected chi connectivity index (χ4v) is 3.53. The molecular formula is C19H21N5O2. The van der Waals surface area contributed by atoms with Crippen LogP contribution in [0.4, 0.5) is 0 Å². The number of rotatable bonds is 3. The van der Waals surface area contributed by atoms with E-state index in [4.69, 9.17) is 0 Å². The number of nitrogens with one attached hydrogen (secondary N) is 2. The maximum Gasteiger partial charge on any atom is 0.274 e. The Labute approximate surface area is 150 Å². The van der Waals surface area contributed by atoms with Gasteiger partial charge in [0.15, 0.2) is 5.69 Å². The first kappa shape index (κ1) is 16.5. The molecule has 0 unspecified atom stereocenters. The van der Waals surface area contributed by atoms with E-state index in [1.165, 1.54) is 0 Å². The third-order valence-electron chi connectivity index (χ3n) is 4.99. The molecule has 0 saturated heterocycles. The monoisotopic (exact) mass is 351 g/mol. The smallest absolute Gasteiger partial charge is 0.274 e. The molecule has 0 radical (unpaired) electrons. The van der Waals surface area contributed by atoms with Gasteiger partial charge in [-0.15, -0.1) is 0 Å². The van der Waals surface area contributed by atoms with Crippen molar-refractivity contribution in [1.29, 1.82) is 0 Å². The van der Waals surface area contributed by atoms with Gasteiger partial charge in [0.25, 0.3) is 11.5 Å². The highest BCUT2D eigenvalue weighted by Crippen LogP contribution is 2.26. The van der Waals surface area contributed by atoms with Gasteiger partial charge in [0, 0.05) is 18.3 Å². The van der Waals surface area contributed by atoms with E-state index in [0.29, 0.717) is 28.3 Å². The number of aromatic amines is 2. The number of hydrogen-bond acceptors (Lipinski definition) is 4. The maximum atomic E-state index is 12.9. The van der Waals surface area contributed by atoms with Crippen molar-refractivity contribution in [1.82, 2.24) is 25.1 Å². The number of para-hydroxylation sites is 1. The van der Waals surface area contributed by atoms with Crippen molar-refractivity contribution in [3.63, 3.8) is 0 Å². The molecule has 1 atom stereocenters. The second-order valence-corrected chi connectivity index (χ2v) is 7.07. The molecule has 1 aromatic carbocycles. The van der Waals surface area contributed by atoms with Gasteiger partial charge in [-0.05, 0) is 37.3 Å². The molecular weight excluding hydrogens is 330 g/mol. The fourth-order valence-electron chi connectivity index (χ4n) is 3.53. The summed E-state index contributed by atoms with van der Waals surface area (Å²) in [6.45, 7) is 2.41. The quantitative estimate of drug-likeness (QED) is 0.755. The average Bonchev–Trinajstić information content (AvgIpc) is 3.04. The molecule has 1 aliphatic rings. The zero-order valence-corrected chi connectivity index (χ0v) is 14.9. The summed E-state index contributed by atoms with van der Waals surface area (Å²) in [6.07, 6.45) is 2.91. The van der Waals surface area contributed by atoms with E-state index in [1.54, 1.807) is 30.1 Å². The standard InChI is InChI=1S/C19H21N5O2/c1-11-7-8-15-13(9-11)17(23-22-15)19(26)24(2)10-16-20-14-6-4-3-5-12(14)18(25)21-16/h3-6,11H,7-10H2,1-2H3,(H,22,23)(H,20,21,25)/t11-/m0/s1. The number of amides is 1. The number of hydrogen-bond donors (Lipinski definition) is 2. The molecule has 3 aromatic rings. The SMILES string of the molecule is C[C@H]1CCc2[nH]nc(C(=O)N(C)Cc3nc4ccccc4c(=O)[nH]3)c2C1. The van der Waals surface area contributed by atoms with Gasteiger partial charge in [-0.3, -0.25) is 14.7 Å². The van der Waals surface area contributed by atoms with Crippen molar-refractivity contribution in [2.75, 3.05) is 7.05 Å². The van der Waals surface area contributed by atoms with Crippen LogP contribution in [0.3, 0.4) is 0 Å². The van der Waals surface area contributed by atoms with Gasteiger partial charge in [0.2, 0.25) is 0 Å². The van der Waals surface area contributed by atoms with Crippen LogP contribution in [0.25, 0.3) is 10.9 Å². The summed E-state index contributed by atoms with van der Waals surface area (Å²) in [6, 6.07) is 7.17. The van der Waals surface area contributed by atoms with Crippen LogP contribution in [0.5, 0.6) is 0 Å². The van der Waals surface area contributed by atoms with Crippen LogP contribution < -0.4 is 5.56 Å². The van der Waals surface area contributed by atoms with E-state index in [0.717, 1.165) is 30.5 Å². The number of carbonyl (C=O) groups excluding carboxylic acids is 1. The second kappa shape index (κ2) is 6.40. The lowest BCUT2D eigenvalue weighted by molar-refractivity contribution is 0.0774. The molecule has 0 bridgehead atoms. The molecule has 1 aliphatic carbocycles. The Kier molecular flexibility index (Phi) is 4.06. The zero-order chi connectivity index (χ0) is 18.3. The summed E-state index contributed by atoms with van der Waals surface area (Å²) in [5.41, 5.74) is 3.00. The third kappa shape index (κ3) is 2.89. The Bertz CT molecular complexity index is 1040. The fraction of sp³-hybridized carbons (Fsp3) is 0.368. The normalized spacial score (nSPS) is 16.5. The Hall–Kier alpha value is -2.96. The van der Waals surface area contributed by atoms with E-state index >= 15 is 0 Å². The van der Waals surface area contributed by atoms with Crippen LogP contribution in [-0.2, 0) is 19.4 Å². The largest absolute Gasteiger partial charge is 0.333 e. The van der Waals surface area contributed by atoms with Gasteiger partial charge in [-0.2, -0.15) is 5.10 Å². The number of carbonyl (C=O) groups is 1. The molecule has 4 rings (SSSR count). The summed E-state index contributed by atoms with van der Waals surface area (Å²) in [4.78, 5) is 33.8. The topological polar surface area (TPSA) is 94.7 Å². The number of H-pyrrole nitrogens is 2. The molecule has 0 aliphatic heterocycles. The Morgan fingerprint density at radius 3 is 3.00 bits per heavy atom. The van der Waals surface area contributed by atoms with Crippen LogP contribution in [-0.4, -0.2) is 38.0 Å². The first-order chi connectivity index (χ1) is 12.5. The van der Waals surface area contributed by atoms with E-state index in [1.807, 2.05) is 6.07 Å². The molecule has 2 heterocycles. The molecule has 0 spiro atoms. The molecule has 7 heteroatoms. The summed E-state index contributed by atoms with van der Waals surface area (Å²) in [5.74, 6) is 0.852.